The molecule has 0 spiro atoms. The van der Waals surface area contributed by atoms with Gasteiger partial charge in [-0.25, -0.2) is 4.79 Å². The molecule has 2 aromatic rings. The molecular weight excluding hydrogens is 324 g/mol. The zero-order valence-electron chi connectivity index (χ0n) is 13.9. The topological polar surface area (TPSA) is 92.0 Å². The van der Waals surface area contributed by atoms with Gasteiger partial charge in [-0.05, 0) is 18.2 Å². The number of hydrogen-bond donors (Lipinski definition) is 2. The third-order valence-electron chi connectivity index (χ3n) is 4.15. The molecule has 0 radical (unpaired) electrons. The van der Waals surface area contributed by atoms with Crippen molar-refractivity contribution in [2.45, 2.75) is 12.6 Å². The molecule has 1 atom stereocenters. The molecule has 1 fully saturated rings. The van der Waals surface area contributed by atoms with Gasteiger partial charge in [-0.15, -0.1) is 0 Å². The van der Waals surface area contributed by atoms with Crippen LogP contribution in [0.2, 0.25) is 0 Å². The van der Waals surface area contributed by atoms with Crippen molar-refractivity contribution in [3.8, 4) is 11.3 Å². The van der Waals surface area contributed by atoms with Crippen LogP contribution in [-0.2, 0) is 16.1 Å². The summed E-state index contributed by atoms with van der Waals surface area (Å²) in [6.07, 6.45) is -0.485. The lowest BCUT2D eigenvalue weighted by Crippen LogP contribution is -2.48. The highest BCUT2D eigenvalue weighted by atomic mass is 16.5. The van der Waals surface area contributed by atoms with Gasteiger partial charge in [0.2, 0.25) is 5.91 Å². The molecule has 2 N–H and O–H groups in total. The normalized spacial score (nSPS) is 18.0. The fourth-order valence-electron chi connectivity index (χ4n) is 2.88. The second-order valence-electron chi connectivity index (χ2n) is 5.83. The van der Waals surface area contributed by atoms with Gasteiger partial charge in [0.15, 0.2) is 0 Å². The lowest BCUT2D eigenvalue weighted by atomic mass is 10.1. The Morgan fingerprint density at radius 3 is 2.84 bits per heavy atom. The van der Waals surface area contributed by atoms with Gasteiger partial charge < -0.3 is 19.6 Å². The minimum atomic E-state index is -0.991. The Morgan fingerprint density at radius 2 is 2.08 bits per heavy atom. The largest absolute Gasteiger partial charge is 0.478 e. The van der Waals surface area contributed by atoms with Crippen molar-refractivity contribution in [2.75, 3.05) is 26.7 Å². The number of carbonyl (C=O) groups is 2. The van der Waals surface area contributed by atoms with Gasteiger partial charge in [-0.3, -0.25) is 9.69 Å². The number of carboxylic acids is 1. The second-order valence-corrected chi connectivity index (χ2v) is 5.83. The summed E-state index contributed by atoms with van der Waals surface area (Å²) in [5, 5.41) is 11.9. The molecule has 0 saturated carbocycles. The molecule has 0 aliphatic carbocycles. The number of morpholine rings is 1. The van der Waals surface area contributed by atoms with Gasteiger partial charge >= 0.3 is 5.97 Å². The number of hydrogen-bond acceptors (Lipinski definition) is 5. The first-order valence-electron chi connectivity index (χ1n) is 8.05. The number of carboxylic acid groups (broad SMARTS) is 1. The molecule has 1 aromatic carbocycles. The summed E-state index contributed by atoms with van der Waals surface area (Å²) in [6.45, 7) is 2.20. The third-order valence-corrected chi connectivity index (χ3v) is 4.15. The SMILES string of the molecule is CNC(=O)C1CN(Cc2ccc(-c3ccccc3C(=O)O)o2)CCO1. The highest BCUT2D eigenvalue weighted by Gasteiger charge is 2.26. The number of likely N-dealkylation sites (N-methyl/N-ethyl adjacent to an activating group) is 1. The minimum Gasteiger partial charge on any atom is -0.478 e. The molecule has 1 aliphatic rings. The van der Waals surface area contributed by atoms with E-state index in [4.69, 9.17) is 9.15 Å². The molecule has 1 unspecified atom stereocenters. The number of nitrogens with one attached hydrogen (secondary N) is 1. The van der Waals surface area contributed by atoms with E-state index in [1.54, 1.807) is 37.4 Å². The Labute approximate surface area is 145 Å². The van der Waals surface area contributed by atoms with Crippen LogP contribution in [-0.4, -0.2) is 54.7 Å². The van der Waals surface area contributed by atoms with E-state index in [0.717, 1.165) is 0 Å². The van der Waals surface area contributed by atoms with Crippen molar-refractivity contribution in [1.29, 1.82) is 0 Å². The van der Waals surface area contributed by atoms with Crippen molar-refractivity contribution in [1.82, 2.24) is 10.2 Å². The number of amides is 1. The van der Waals surface area contributed by atoms with Gasteiger partial charge in [0.1, 0.15) is 17.6 Å². The summed E-state index contributed by atoms with van der Waals surface area (Å²) in [7, 11) is 1.59. The standard InChI is InChI=1S/C18H20N2O5/c1-19-17(21)16-11-20(8-9-24-16)10-12-6-7-15(25-12)13-4-2-3-5-14(13)18(22)23/h2-7,16H,8-11H2,1H3,(H,19,21)(H,22,23). The molecule has 2 heterocycles. The number of rotatable bonds is 5. The van der Waals surface area contributed by atoms with Gasteiger partial charge in [-0.2, -0.15) is 0 Å². The number of furan rings is 1. The Balaban J connectivity index is 1.72. The van der Waals surface area contributed by atoms with Gasteiger partial charge in [0.05, 0.1) is 18.7 Å². The zero-order valence-corrected chi connectivity index (χ0v) is 13.9. The third kappa shape index (κ3) is 3.89. The molecular formula is C18H20N2O5. The van der Waals surface area contributed by atoms with Crippen LogP contribution in [0.4, 0.5) is 0 Å². The fourth-order valence-corrected chi connectivity index (χ4v) is 2.88. The molecule has 7 nitrogen and oxygen atoms in total. The summed E-state index contributed by atoms with van der Waals surface area (Å²) in [5.74, 6) is 0.104. The summed E-state index contributed by atoms with van der Waals surface area (Å²) in [5.41, 5.74) is 0.751. The van der Waals surface area contributed by atoms with Crippen molar-refractivity contribution in [3.63, 3.8) is 0 Å². The van der Waals surface area contributed by atoms with Crippen LogP contribution in [0.15, 0.2) is 40.8 Å². The van der Waals surface area contributed by atoms with Crippen LogP contribution < -0.4 is 5.32 Å². The van der Waals surface area contributed by atoms with E-state index in [1.165, 1.54) is 0 Å². The zero-order chi connectivity index (χ0) is 17.8. The molecule has 25 heavy (non-hydrogen) atoms. The van der Waals surface area contributed by atoms with E-state index in [9.17, 15) is 14.7 Å². The molecule has 1 aromatic heterocycles. The Bertz CT molecular complexity index is 770. The predicted molar refractivity (Wildman–Crippen MR) is 90.2 cm³/mol. The number of ether oxygens (including phenoxy) is 1. The average Bonchev–Trinajstić information content (AvgIpc) is 3.09. The number of aromatic carboxylic acids is 1. The Kier molecular flexibility index (Phi) is 5.16. The second kappa shape index (κ2) is 7.50. The van der Waals surface area contributed by atoms with E-state index < -0.39 is 12.1 Å². The van der Waals surface area contributed by atoms with E-state index in [1.807, 2.05) is 6.07 Å². The van der Waals surface area contributed by atoms with Gasteiger partial charge in [-0.1, -0.05) is 18.2 Å². The maximum absolute atomic E-state index is 11.7. The lowest BCUT2D eigenvalue weighted by molar-refractivity contribution is -0.138. The van der Waals surface area contributed by atoms with E-state index in [0.29, 0.717) is 43.3 Å². The van der Waals surface area contributed by atoms with E-state index >= 15 is 0 Å². The van der Waals surface area contributed by atoms with Crippen molar-refractivity contribution >= 4 is 11.9 Å². The first-order chi connectivity index (χ1) is 12.1. The first-order valence-corrected chi connectivity index (χ1v) is 8.05. The van der Waals surface area contributed by atoms with Crippen LogP contribution in [0, 0.1) is 0 Å². The summed E-state index contributed by atoms with van der Waals surface area (Å²) < 4.78 is 11.3. The van der Waals surface area contributed by atoms with Gasteiger partial charge in [0.25, 0.3) is 0 Å². The lowest BCUT2D eigenvalue weighted by Gasteiger charge is -2.31. The van der Waals surface area contributed by atoms with E-state index in [-0.39, 0.29) is 11.5 Å². The number of benzene rings is 1. The fraction of sp³-hybridized carbons (Fsp3) is 0.333. The predicted octanol–water partition coefficient (Wildman–Crippen LogP) is 1.59. The minimum absolute atomic E-state index is 0.139. The van der Waals surface area contributed by atoms with Crippen molar-refractivity contribution in [2.24, 2.45) is 0 Å². The maximum Gasteiger partial charge on any atom is 0.336 e. The Morgan fingerprint density at radius 1 is 1.28 bits per heavy atom. The smallest absolute Gasteiger partial charge is 0.336 e. The van der Waals surface area contributed by atoms with Crippen LogP contribution in [0.25, 0.3) is 11.3 Å². The highest BCUT2D eigenvalue weighted by molar-refractivity contribution is 5.95. The molecule has 1 amide bonds. The van der Waals surface area contributed by atoms with Crippen LogP contribution in [0.1, 0.15) is 16.1 Å². The highest BCUT2D eigenvalue weighted by Crippen LogP contribution is 2.26. The molecule has 132 valence electrons. The van der Waals surface area contributed by atoms with Crippen LogP contribution in [0.5, 0.6) is 0 Å². The number of nitrogens with zero attached hydrogens (tertiary/aromatic N) is 1. The average molecular weight is 344 g/mol. The molecule has 0 bridgehead atoms. The van der Waals surface area contributed by atoms with Crippen molar-refractivity contribution < 1.29 is 23.8 Å². The van der Waals surface area contributed by atoms with Crippen LogP contribution >= 0.6 is 0 Å². The van der Waals surface area contributed by atoms with Crippen LogP contribution in [0.3, 0.4) is 0 Å². The summed E-state index contributed by atoms with van der Waals surface area (Å²) in [4.78, 5) is 25.1. The summed E-state index contributed by atoms with van der Waals surface area (Å²) in [6, 6.07) is 10.3. The Hall–Kier alpha value is -2.64. The van der Waals surface area contributed by atoms with Gasteiger partial charge in [0, 0.05) is 25.7 Å². The van der Waals surface area contributed by atoms with E-state index in [2.05, 4.69) is 10.2 Å². The molecule has 3 rings (SSSR count). The monoisotopic (exact) mass is 344 g/mol. The molecule has 1 saturated heterocycles. The first kappa shape index (κ1) is 17.2. The molecule has 1 aliphatic heterocycles. The van der Waals surface area contributed by atoms with Crippen molar-refractivity contribution in [3.05, 3.63) is 47.7 Å². The summed E-state index contributed by atoms with van der Waals surface area (Å²) >= 11 is 0. The molecule has 7 heteroatoms. The maximum atomic E-state index is 11.7. The quantitative estimate of drug-likeness (QED) is 0.856. The number of carbonyl (C=O) groups excluding carboxylic acids is 1.